The second-order valence-corrected chi connectivity index (χ2v) is 10.2. The molecule has 8 nitrogen and oxygen atoms in total. The summed E-state index contributed by atoms with van der Waals surface area (Å²) < 4.78 is 55.3. The van der Waals surface area contributed by atoms with E-state index in [4.69, 9.17) is 9.47 Å². The molecule has 0 atom stereocenters. The van der Waals surface area contributed by atoms with Crippen molar-refractivity contribution in [3.63, 3.8) is 0 Å². The van der Waals surface area contributed by atoms with Crippen LogP contribution in [0.25, 0.3) is 27.2 Å². The second-order valence-electron chi connectivity index (χ2n) is 10.2. The molecule has 0 amide bonds. The Bertz CT molecular complexity index is 2210. The molecule has 43 heavy (non-hydrogen) atoms. The Balaban J connectivity index is 1.36. The predicted molar refractivity (Wildman–Crippen MR) is 155 cm³/mol. The van der Waals surface area contributed by atoms with Gasteiger partial charge in [0.15, 0.2) is 0 Å². The van der Waals surface area contributed by atoms with Crippen LogP contribution < -0.4 is 31.7 Å². The van der Waals surface area contributed by atoms with Crippen LogP contribution in [-0.4, -0.2) is 9.13 Å². The Morgan fingerprint density at radius 3 is 1.60 bits per heavy atom. The van der Waals surface area contributed by atoms with E-state index in [0.29, 0.717) is 22.1 Å². The van der Waals surface area contributed by atoms with Gasteiger partial charge in [-0.15, -0.1) is 0 Å². The van der Waals surface area contributed by atoms with Gasteiger partial charge < -0.3 is 9.47 Å². The van der Waals surface area contributed by atoms with Crippen molar-refractivity contribution in [2.24, 2.45) is 7.05 Å². The largest absolute Gasteiger partial charge is 0.457 e. The van der Waals surface area contributed by atoms with Crippen LogP contribution in [0, 0.1) is 13.8 Å². The van der Waals surface area contributed by atoms with E-state index in [1.807, 2.05) is 32.0 Å². The number of halogens is 3. The molecule has 0 N–H and O–H groups in total. The molecule has 0 saturated carbocycles. The number of ether oxygens (including phenoxy) is 2. The Morgan fingerprint density at radius 1 is 0.605 bits per heavy atom. The third kappa shape index (κ3) is 4.68. The predicted octanol–water partition coefficient (Wildman–Crippen LogP) is 5.66. The van der Waals surface area contributed by atoms with E-state index in [-0.39, 0.29) is 33.0 Å². The van der Waals surface area contributed by atoms with Crippen molar-refractivity contribution in [1.82, 2.24) is 9.13 Å². The molecule has 0 aliphatic rings. The van der Waals surface area contributed by atoms with Gasteiger partial charge in [-0.25, -0.2) is 4.57 Å². The lowest BCUT2D eigenvalue weighted by atomic mass is 10.1. The van der Waals surface area contributed by atoms with Crippen molar-refractivity contribution in [3.8, 4) is 28.7 Å². The third-order valence-corrected chi connectivity index (χ3v) is 7.23. The number of fused-ring (bicyclic) bond motifs is 2. The van der Waals surface area contributed by atoms with E-state index in [0.717, 1.165) is 40.0 Å². The van der Waals surface area contributed by atoms with Crippen LogP contribution in [0.3, 0.4) is 0 Å². The van der Waals surface area contributed by atoms with Crippen molar-refractivity contribution in [2.75, 3.05) is 0 Å². The lowest BCUT2D eigenvalue weighted by Gasteiger charge is -2.16. The fraction of sp³-hybridized carbons (Fsp3) is 0.125. The van der Waals surface area contributed by atoms with Crippen molar-refractivity contribution < 1.29 is 22.6 Å². The van der Waals surface area contributed by atoms with E-state index in [2.05, 4.69) is 0 Å². The number of alkyl halides is 3. The Labute approximate surface area is 240 Å². The van der Waals surface area contributed by atoms with Crippen LogP contribution in [-0.2, 0) is 13.2 Å². The summed E-state index contributed by atoms with van der Waals surface area (Å²) in [6.07, 6.45) is -4.90. The smallest absolute Gasteiger partial charge is 0.420 e. The van der Waals surface area contributed by atoms with Crippen LogP contribution in [0.15, 0.2) is 92.0 Å². The molecule has 0 fully saturated rings. The summed E-state index contributed by atoms with van der Waals surface area (Å²) in [6.45, 7) is 3.86. The zero-order chi connectivity index (χ0) is 30.8. The fourth-order valence-electron chi connectivity index (χ4n) is 5.04. The normalized spacial score (nSPS) is 11.9. The van der Waals surface area contributed by atoms with Crippen molar-refractivity contribution in [2.45, 2.75) is 20.0 Å². The highest BCUT2D eigenvalue weighted by Crippen LogP contribution is 2.39. The van der Waals surface area contributed by atoms with Crippen molar-refractivity contribution in [3.05, 3.63) is 131 Å². The summed E-state index contributed by atoms with van der Waals surface area (Å²) in [5.74, 6) is 0.643. The van der Waals surface area contributed by atoms with Gasteiger partial charge in [0.05, 0.1) is 27.2 Å². The average Bonchev–Trinajstić information content (AvgIpc) is 3.33. The third-order valence-electron chi connectivity index (χ3n) is 7.23. The Kier molecular flexibility index (Phi) is 6.33. The summed E-state index contributed by atoms with van der Waals surface area (Å²) in [5, 5.41) is -0.478. The lowest BCUT2D eigenvalue weighted by Crippen LogP contribution is -2.24. The van der Waals surface area contributed by atoms with E-state index >= 15 is 0 Å². The highest BCUT2D eigenvalue weighted by atomic mass is 19.4. The van der Waals surface area contributed by atoms with Crippen LogP contribution >= 0.6 is 0 Å². The molecule has 2 aromatic heterocycles. The maximum Gasteiger partial charge on any atom is 0.420 e. The maximum atomic E-state index is 14.2. The van der Waals surface area contributed by atoms with Gasteiger partial charge in [-0.3, -0.25) is 23.7 Å². The summed E-state index contributed by atoms with van der Waals surface area (Å²) in [6, 6.07) is 16.8. The molecule has 0 aliphatic heterocycles. The molecule has 216 valence electrons. The zero-order valence-electron chi connectivity index (χ0n) is 22.9. The van der Waals surface area contributed by atoms with E-state index in [1.54, 1.807) is 12.1 Å². The number of benzene rings is 4. The molecule has 0 unspecified atom stereocenters. The van der Waals surface area contributed by atoms with Crippen LogP contribution in [0.2, 0.25) is 0 Å². The van der Waals surface area contributed by atoms with E-state index in [9.17, 15) is 32.3 Å². The summed E-state index contributed by atoms with van der Waals surface area (Å²) in [5.41, 5.74) is -2.69. The highest BCUT2D eigenvalue weighted by Gasteiger charge is 2.35. The molecule has 0 saturated heterocycles. The maximum absolute atomic E-state index is 14.2. The standard InChI is InChI=1S/C32H21F3N2O6/c1-16-4-10-26(17(2)12-16)42-19-6-8-20(9-7-19)43-27-11-5-18(13-25(27)32(33,34)35)37-30(40)23-14-21-22(15-24(23)31(37)41)29(39)36(3)28(21)38/h4-15H,1-3H3. The molecule has 11 heteroatoms. The molecule has 4 aromatic carbocycles. The molecule has 6 aromatic rings. The molecular weight excluding hydrogens is 565 g/mol. The van der Waals surface area contributed by atoms with Gasteiger partial charge in [0, 0.05) is 7.05 Å². The number of aryl methyl sites for hydroxylation is 2. The first-order chi connectivity index (χ1) is 20.3. The lowest BCUT2D eigenvalue weighted by molar-refractivity contribution is -0.138. The molecular formula is C32H21F3N2O6. The summed E-state index contributed by atoms with van der Waals surface area (Å²) in [4.78, 5) is 51.1. The first kappa shape index (κ1) is 27.7. The van der Waals surface area contributed by atoms with Gasteiger partial charge in [-0.1, -0.05) is 17.7 Å². The summed E-state index contributed by atoms with van der Waals surface area (Å²) >= 11 is 0. The summed E-state index contributed by atoms with van der Waals surface area (Å²) in [7, 11) is 1.27. The van der Waals surface area contributed by atoms with Gasteiger partial charge in [0.25, 0.3) is 22.2 Å². The highest BCUT2D eigenvalue weighted by molar-refractivity contribution is 5.98. The number of hydrogen-bond acceptors (Lipinski definition) is 6. The molecule has 0 radical (unpaired) electrons. The van der Waals surface area contributed by atoms with Gasteiger partial charge in [0.2, 0.25) is 0 Å². The monoisotopic (exact) mass is 586 g/mol. The quantitative estimate of drug-likeness (QED) is 0.259. The number of aromatic nitrogens is 2. The molecule has 2 heterocycles. The first-order valence-corrected chi connectivity index (χ1v) is 13.0. The van der Waals surface area contributed by atoms with Gasteiger partial charge in [-0.2, -0.15) is 13.2 Å². The van der Waals surface area contributed by atoms with Crippen molar-refractivity contribution in [1.29, 1.82) is 0 Å². The number of nitrogens with zero attached hydrogens (tertiary/aromatic N) is 2. The SMILES string of the molecule is Cc1ccc(Oc2ccc(Oc3ccc(-n4c(=O)c5cc6c(=O)n(C)c(=O)c6cc5c4=O)cc3C(F)(F)F)cc2)c(C)c1. The topological polar surface area (TPSA) is 96.6 Å². The fourth-order valence-corrected chi connectivity index (χ4v) is 5.04. The molecule has 6 rings (SSSR count). The van der Waals surface area contributed by atoms with Crippen LogP contribution in [0.1, 0.15) is 16.7 Å². The Hall–Kier alpha value is -5.45. The first-order valence-electron chi connectivity index (χ1n) is 13.0. The number of rotatable bonds is 5. The number of hydrogen-bond donors (Lipinski definition) is 0. The molecule has 0 bridgehead atoms. The van der Waals surface area contributed by atoms with E-state index < -0.39 is 39.7 Å². The van der Waals surface area contributed by atoms with E-state index in [1.165, 1.54) is 19.2 Å². The van der Waals surface area contributed by atoms with Crippen LogP contribution in [0.4, 0.5) is 13.2 Å². The van der Waals surface area contributed by atoms with Gasteiger partial charge >= 0.3 is 6.18 Å². The molecule has 0 aliphatic carbocycles. The molecule has 0 spiro atoms. The van der Waals surface area contributed by atoms with Crippen molar-refractivity contribution >= 4 is 21.5 Å². The van der Waals surface area contributed by atoms with Crippen LogP contribution in [0.5, 0.6) is 23.0 Å². The minimum atomic E-state index is -4.90. The Morgan fingerprint density at radius 2 is 1.09 bits per heavy atom. The van der Waals surface area contributed by atoms with Gasteiger partial charge in [-0.05, 0) is 80.1 Å². The average molecular weight is 587 g/mol. The van der Waals surface area contributed by atoms with Gasteiger partial charge in [0.1, 0.15) is 28.6 Å². The minimum Gasteiger partial charge on any atom is -0.457 e. The minimum absolute atomic E-state index is 0.0561. The second kappa shape index (κ2) is 9.83. The zero-order valence-corrected chi connectivity index (χ0v) is 22.9.